The first kappa shape index (κ1) is 17.5. The largest absolute Gasteiger partial charge is 0.508 e. The number of carbonyl (C=O) groups excluding carboxylic acids is 1. The number of phenolic OH excluding ortho intramolecular Hbond substituents is 1. The van der Waals surface area contributed by atoms with Crippen LogP contribution in [0.1, 0.15) is 11.1 Å². The number of carbonyl (C=O) groups is 1. The van der Waals surface area contributed by atoms with Gasteiger partial charge in [-0.2, -0.15) is 0 Å². The molecule has 3 aromatic rings. The highest BCUT2D eigenvalue weighted by atomic mass is 19.1. The summed E-state index contributed by atoms with van der Waals surface area (Å²) in [5.41, 5.74) is 0.507. The quantitative estimate of drug-likeness (QED) is 0.557. The van der Waals surface area contributed by atoms with Crippen LogP contribution in [-0.2, 0) is 16.1 Å². The minimum absolute atomic E-state index is 0.00231. The van der Waals surface area contributed by atoms with Gasteiger partial charge in [0.25, 0.3) is 0 Å². The fraction of sp³-hybridized carbons (Fsp3) is 0.158. The third kappa shape index (κ3) is 3.83. The van der Waals surface area contributed by atoms with Gasteiger partial charge >= 0.3 is 11.6 Å². The molecular formula is C19H15FO6. The van der Waals surface area contributed by atoms with Gasteiger partial charge in [0, 0.05) is 22.6 Å². The number of aromatic hydroxyl groups is 1. The van der Waals surface area contributed by atoms with Crippen LogP contribution in [0.2, 0.25) is 0 Å². The molecule has 2 aromatic carbocycles. The molecule has 0 aliphatic rings. The van der Waals surface area contributed by atoms with Crippen LogP contribution in [0.5, 0.6) is 11.5 Å². The van der Waals surface area contributed by atoms with Gasteiger partial charge in [0.05, 0.1) is 0 Å². The average Bonchev–Trinajstić information content (AvgIpc) is 2.62. The number of aryl methyl sites for hydroxylation is 1. The smallest absolute Gasteiger partial charge is 0.344 e. The van der Waals surface area contributed by atoms with Gasteiger partial charge in [0.1, 0.15) is 29.5 Å². The summed E-state index contributed by atoms with van der Waals surface area (Å²) in [5, 5.41) is 10.3. The van der Waals surface area contributed by atoms with E-state index in [0.29, 0.717) is 22.3 Å². The maximum Gasteiger partial charge on any atom is 0.344 e. The van der Waals surface area contributed by atoms with Crippen molar-refractivity contribution >= 4 is 16.9 Å². The monoisotopic (exact) mass is 358 g/mol. The SMILES string of the molecule is Cc1c(O)ccc2c(COC(=O)COc3ccc(F)cc3)cc(=O)oc12. The Kier molecular flexibility index (Phi) is 4.88. The van der Waals surface area contributed by atoms with Crippen molar-refractivity contribution in [3.63, 3.8) is 0 Å². The van der Waals surface area contributed by atoms with Gasteiger partial charge in [-0.25, -0.2) is 14.0 Å². The Hall–Kier alpha value is -3.35. The number of esters is 1. The molecule has 0 bridgehead atoms. The summed E-state index contributed by atoms with van der Waals surface area (Å²) in [6.07, 6.45) is 0. The molecule has 7 heteroatoms. The summed E-state index contributed by atoms with van der Waals surface area (Å²) >= 11 is 0. The molecule has 26 heavy (non-hydrogen) atoms. The van der Waals surface area contributed by atoms with Crippen LogP contribution in [0.4, 0.5) is 4.39 Å². The Morgan fingerprint density at radius 3 is 2.65 bits per heavy atom. The molecule has 1 aromatic heterocycles. The van der Waals surface area contributed by atoms with Crippen LogP contribution < -0.4 is 10.4 Å². The summed E-state index contributed by atoms with van der Waals surface area (Å²) in [5.74, 6) is -0.718. The van der Waals surface area contributed by atoms with E-state index in [0.717, 1.165) is 0 Å². The fourth-order valence-electron chi connectivity index (χ4n) is 2.41. The van der Waals surface area contributed by atoms with E-state index in [9.17, 15) is 19.1 Å². The van der Waals surface area contributed by atoms with Crippen molar-refractivity contribution in [2.45, 2.75) is 13.5 Å². The first-order chi connectivity index (χ1) is 12.4. The highest BCUT2D eigenvalue weighted by Gasteiger charge is 2.13. The van der Waals surface area contributed by atoms with E-state index in [4.69, 9.17) is 13.9 Å². The number of halogens is 1. The Bertz CT molecular complexity index is 1010. The number of hydrogen-bond acceptors (Lipinski definition) is 6. The number of hydrogen-bond donors (Lipinski definition) is 1. The third-order valence-corrected chi connectivity index (χ3v) is 3.78. The minimum atomic E-state index is -0.647. The van der Waals surface area contributed by atoms with Gasteiger partial charge in [-0.1, -0.05) is 0 Å². The molecule has 0 fully saturated rings. The lowest BCUT2D eigenvalue weighted by molar-refractivity contribution is -0.147. The molecule has 1 N–H and O–H groups in total. The van der Waals surface area contributed by atoms with E-state index >= 15 is 0 Å². The Labute approximate surface area is 147 Å². The van der Waals surface area contributed by atoms with Crippen LogP contribution in [0.3, 0.4) is 0 Å². The van der Waals surface area contributed by atoms with Crippen molar-refractivity contribution in [2.24, 2.45) is 0 Å². The van der Waals surface area contributed by atoms with Crippen LogP contribution in [0, 0.1) is 12.7 Å². The lowest BCUT2D eigenvalue weighted by atomic mass is 10.1. The van der Waals surface area contributed by atoms with E-state index < -0.39 is 17.4 Å². The number of rotatable bonds is 5. The topological polar surface area (TPSA) is 86.0 Å². The molecule has 0 saturated carbocycles. The first-order valence-corrected chi connectivity index (χ1v) is 7.73. The second-order valence-corrected chi connectivity index (χ2v) is 5.58. The molecule has 0 radical (unpaired) electrons. The molecule has 0 saturated heterocycles. The van der Waals surface area contributed by atoms with Crippen molar-refractivity contribution in [3.8, 4) is 11.5 Å². The molecule has 3 rings (SSSR count). The highest BCUT2D eigenvalue weighted by Crippen LogP contribution is 2.27. The summed E-state index contributed by atoms with van der Waals surface area (Å²) in [6.45, 7) is 1.11. The van der Waals surface area contributed by atoms with Crippen LogP contribution in [-0.4, -0.2) is 17.7 Å². The Balaban J connectivity index is 1.69. The van der Waals surface area contributed by atoms with Gasteiger partial charge < -0.3 is 19.0 Å². The van der Waals surface area contributed by atoms with Gasteiger partial charge in [-0.3, -0.25) is 0 Å². The maximum atomic E-state index is 12.8. The van der Waals surface area contributed by atoms with Gasteiger partial charge in [-0.05, 0) is 43.3 Å². The van der Waals surface area contributed by atoms with Crippen molar-refractivity contribution in [1.29, 1.82) is 0 Å². The first-order valence-electron chi connectivity index (χ1n) is 7.73. The highest BCUT2D eigenvalue weighted by molar-refractivity contribution is 5.85. The summed E-state index contributed by atoms with van der Waals surface area (Å²) in [6, 6.07) is 9.51. The number of ether oxygens (including phenoxy) is 2. The van der Waals surface area contributed by atoms with Gasteiger partial charge in [0.2, 0.25) is 0 Å². The fourth-order valence-corrected chi connectivity index (χ4v) is 2.41. The summed E-state index contributed by atoms with van der Waals surface area (Å²) < 4.78 is 28.3. The van der Waals surface area contributed by atoms with Crippen LogP contribution in [0.15, 0.2) is 51.7 Å². The number of fused-ring (bicyclic) bond motifs is 1. The predicted octanol–water partition coefficient (Wildman–Crippen LogP) is 3.07. The molecule has 6 nitrogen and oxygen atoms in total. The second-order valence-electron chi connectivity index (χ2n) is 5.58. The lowest BCUT2D eigenvalue weighted by Gasteiger charge is -2.10. The molecule has 0 aliphatic carbocycles. The lowest BCUT2D eigenvalue weighted by Crippen LogP contribution is -2.15. The molecule has 0 spiro atoms. The van der Waals surface area contributed by atoms with E-state index in [1.54, 1.807) is 13.0 Å². The predicted molar refractivity (Wildman–Crippen MR) is 90.6 cm³/mol. The molecular weight excluding hydrogens is 343 g/mol. The summed E-state index contributed by atoms with van der Waals surface area (Å²) in [7, 11) is 0. The Morgan fingerprint density at radius 2 is 1.92 bits per heavy atom. The normalized spacial score (nSPS) is 10.7. The van der Waals surface area contributed by atoms with E-state index in [-0.39, 0.29) is 24.5 Å². The molecule has 1 heterocycles. The van der Waals surface area contributed by atoms with Gasteiger partial charge in [0.15, 0.2) is 6.61 Å². The van der Waals surface area contributed by atoms with Crippen molar-refractivity contribution < 1.29 is 28.2 Å². The maximum absolute atomic E-state index is 12.8. The minimum Gasteiger partial charge on any atom is -0.508 e. The third-order valence-electron chi connectivity index (χ3n) is 3.78. The zero-order chi connectivity index (χ0) is 18.7. The van der Waals surface area contributed by atoms with Crippen molar-refractivity contribution in [1.82, 2.24) is 0 Å². The second kappa shape index (κ2) is 7.26. The Morgan fingerprint density at radius 1 is 1.19 bits per heavy atom. The summed E-state index contributed by atoms with van der Waals surface area (Å²) in [4.78, 5) is 23.5. The zero-order valence-corrected chi connectivity index (χ0v) is 13.8. The van der Waals surface area contributed by atoms with Crippen LogP contribution in [0.25, 0.3) is 11.0 Å². The van der Waals surface area contributed by atoms with E-state index in [1.807, 2.05) is 0 Å². The molecule has 0 amide bonds. The van der Waals surface area contributed by atoms with Crippen molar-refractivity contribution in [3.05, 3.63) is 69.8 Å². The number of benzene rings is 2. The molecule has 134 valence electrons. The molecule has 0 unspecified atom stereocenters. The molecule has 0 atom stereocenters. The van der Waals surface area contributed by atoms with Gasteiger partial charge in [-0.15, -0.1) is 0 Å². The number of phenols is 1. The van der Waals surface area contributed by atoms with Crippen molar-refractivity contribution in [2.75, 3.05) is 6.61 Å². The average molecular weight is 358 g/mol. The molecule has 0 aliphatic heterocycles. The standard InChI is InChI=1S/C19H15FO6/c1-11-16(21)7-6-15-12(8-17(22)26-19(11)15)9-25-18(23)10-24-14-4-2-13(20)3-5-14/h2-8,21H,9-10H2,1H3. The van der Waals surface area contributed by atoms with Crippen LogP contribution >= 0.6 is 0 Å². The zero-order valence-electron chi connectivity index (χ0n) is 13.8. The van der Waals surface area contributed by atoms with E-state index in [2.05, 4.69) is 0 Å². The van der Waals surface area contributed by atoms with E-state index in [1.165, 1.54) is 36.4 Å².